The Morgan fingerprint density at radius 2 is 1.91 bits per heavy atom. The minimum atomic E-state index is -0.450. The van der Waals surface area contributed by atoms with Crippen molar-refractivity contribution in [2.75, 3.05) is 38.0 Å². The third-order valence-corrected chi connectivity index (χ3v) is 6.51. The average molecular weight is 458 g/mol. The van der Waals surface area contributed by atoms with E-state index < -0.39 is 5.60 Å². The summed E-state index contributed by atoms with van der Waals surface area (Å²) < 4.78 is 9.06. The highest BCUT2D eigenvalue weighted by Gasteiger charge is 2.38. The van der Waals surface area contributed by atoms with Crippen LogP contribution in [0.1, 0.15) is 46.7 Å². The van der Waals surface area contributed by atoms with Gasteiger partial charge in [0.1, 0.15) is 11.4 Å². The SMILES string of the molecule is CC(C)Cn1c2c(n(C)c1=O)NC(=CC1CC1CN1CCN(C(=O)OC(C)(C)C)CC1)C=C2. The smallest absolute Gasteiger partial charge is 0.410 e. The van der Waals surface area contributed by atoms with Gasteiger partial charge in [-0.15, -0.1) is 0 Å². The predicted molar refractivity (Wildman–Crippen MR) is 131 cm³/mol. The zero-order chi connectivity index (χ0) is 23.9. The molecule has 0 radical (unpaired) electrons. The number of hydrogen-bond acceptors (Lipinski definition) is 5. The number of ether oxygens (including phenoxy) is 1. The van der Waals surface area contributed by atoms with Crippen LogP contribution in [0, 0.1) is 17.8 Å². The maximum Gasteiger partial charge on any atom is 0.410 e. The maximum atomic E-state index is 12.6. The summed E-state index contributed by atoms with van der Waals surface area (Å²) in [4.78, 5) is 29.2. The fourth-order valence-corrected chi connectivity index (χ4v) is 4.67. The van der Waals surface area contributed by atoms with Crippen molar-refractivity contribution in [3.05, 3.63) is 34.0 Å². The van der Waals surface area contributed by atoms with Gasteiger partial charge in [-0.2, -0.15) is 0 Å². The molecule has 1 N–H and O–H groups in total. The van der Waals surface area contributed by atoms with Crippen LogP contribution in [0.4, 0.5) is 10.6 Å². The van der Waals surface area contributed by atoms with Gasteiger partial charge in [0.25, 0.3) is 0 Å². The summed E-state index contributed by atoms with van der Waals surface area (Å²) in [5, 5.41) is 3.48. The lowest BCUT2D eigenvalue weighted by atomic mass is 10.1. The van der Waals surface area contributed by atoms with Crippen molar-refractivity contribution in [2.24, 2.45) is 24.8 Å². The second kappa shape index (κ2) is 9.05. The molecule has 182 valence electrons. The molecule has 1 aromatic rings. The van der Waals surface area contributed by atoms with Crippen LogP contribution in [-0.4, -0.2) is 63.4 Å². The summed E-state index contributed by atoms with van der Waals surface area (Å²) in [6.45, 7) is 15.0. The van der Waals surface area contributed by atoms with Crippen LogP contribution in [0.25, 0.3) is 6.08 Å². The van der Waals surface area contributed by atoms with Crippen molar-refractivity contribution >= 4 is 18.0 Å². The number of amides is 1. The number of fused-ring (bicyclic) bond motifs is 1. The fourth-order valence-electron chi connectivity index (χ4n) is 4.67. The van der Waals surface area contributed by atoms with Gasteiger partial charge in [0.2, 0.25) is 0 Å². The number of allylic oxidation sites excluding steroid dienone is 2. The summed E-state index contributed by atoms with van der Waals surface area (Å²) in [7, 11) is 1.83. The number of nitrogens with zero attached hydrogens (tertiary/aromatic N) is 4. The van der Waals surface area contributed by atoms with E-state index in [1.165, 1.54) is 6.42 Å². The highest BCUT2D eigenvalue weighted by Crippen LogP contribution is 2.41. The molecule has 0 spiro atoms. The zero-order valence-corrected chi connectivity index (χ0v) is 20.9. The van der Waals surface area contributed by atoms with Gasteiger partial charge < -0.3 is 15.0 Å². The lowest BCUT2D eigenvalue weighted by Crippen LogP contribution is -2.50. The molecular formula is C25H39N5O3. The highest BCUT2D eigenvalue weighted by atomic mass is 16.6. The molecule has 2 atom stereocenters. The molecule has 0 bridgehead atoms. The van der Waals surface area contributed by atoms with Crippen LogP contribution < -0.4 is 11.0 Å². The van der Waals surface area contributed by atoms with E-state index in [4.69, 9.17) is 4.74 Å². The number of carbonyl (C=O) groups is 1. The zero-order valence-electron chi connectivity index (χ0n) is 20.9. The van der Waals surface area contributed by atoms with E-state index in [1.54, 1.807) is 4.57 Å². The van der Waals surface area contributed by atoms with Crippen LogP contribution in [0.5, 0.6) is 0 Å². The average Bonchev–Trinajstić information content (AvgIpc) is 3.41. The van der Waals surface area contributed by atoms with Gasteiger partial charge in [-0.05, 0) is 57.1 Å². The van der Waals surface area contributed by atoms with Crippen molar-refractivity contribution in [1.29, 1.82) is 0 Å². The summed E-state index contributed by atoms with van der Waals surface area (Å²) in [6, 6.07) is 0. The topological polar surface area (TPSA) is 71.7 Å². The maximum absolute atomic E-state index is 12.6. The van der Waals surface area contributed by atoms with Crippen LogP contribution in [0.2, 0.25) is 0 Å². The predicted octanol–water partition coefficient (Wildman–Crippen LogP) is 3.35. The number of carbonyl (C=O) groups excluding carboxylic acids is 1. The fraction of sp³-hybridized carbons (Fsp3) is 0.680. The number of piperazine rings is 1. The third-order valence-electron chi connectivity index (χ3n) is 6.51. The number of imidazole rings is 1. The quantitative estimate of drug-likeness (QED) is 0.734. The van der Waals surface area contributed by atoms with E-state index in [2.05, 4.69) is 42.3 Å². The van der Waals surface area contributed by atoms with Gasteiger partial charge >= 0.3 is 11.8 Å². The summed E-state index contributed by atoms with van der Waals surface area (Å²) in [6.07, 6.45) is 7.45. The molecule has 3 heterocycles. The molecule has 3 aliphatic rings. The third kappa shape index (κ3) is 5.54. The minimum absolute atomic E-state index is 0.0296. The molecule has 1 aliphatic carbocycles. The first-order valence-electron chi connectivity index (χ1n) is 12.2. The van der Waals surface area contributed by atoms with Gasteiger partial charge in [-0.1, -0.05) is 19.9 Å². The number of aromatic nitrogens is 2. The molecule has 2 fully saturated rings. The Kier molecular flexibility index (Phi) is 6.49. The lowest BCUT2D eigenvalue weighted by Gasteiger charge is -2.35. The number of rotatable bonds is 5. The standard InChI is InChI=1S/C25H39N5O3/c1-17(2)15-30-21-8-7-20(26-22(21)27(6)23(30)31)14-18-13-19(18)16-28-9-11-29(12-10-28)24(32)33-25(3,4)5/h7-8,14,17-19,26H,9-13,15-16H2,1-6H3. The largest absolute Gasteiger partial charge is 0.444 e. The van der Waals surface area contributed by atoms with Gasteiger partial charge in [0, 0.05) is 52.0 Å². The Balaban J connectivity index is 1.29. The molecule has 8 nitrogen and oxygen atoms in total. The number of anilines is 1. The molecule has 1 amide bonds. The molecule has 0 aromatic carbocycles. The lowest BCUT2D eigenvalue weighted by molar-refractivity contribution is 0.0141. The van der Waals surface area contributed by atoms with E-state index in [-0.39, 0.29) is 11.8 Å². The van der Waals surface area contributed by atoms with E-state index in [1.807, 2.05) is 37.3 Å². The molecule has 1 aromatic heterocycles. The summed E-state index contributed by atoms with van der Waals surface area (Å²) in [5.74, 6) is 2.50. The highest BCUT2D eigenvalue weighted by molar-refractivity contribution is 5.70. The Labute approximate surface area is 196 Å². The normalized spacial score (nSPS) is 24.2. The monoisotopic (exact) mass is 457 g/mol. The molecular weight excluding hydrogens is 418 g/mol. The molecule has 8 heteroatoms. The van der Waals surface area contributed by atoms with Crippen LogP contribution >= 0.6 is 0 Å². The van der Waals surface area contributed by atoms with Crippen LogP contribution in [0.15, 0.2) is 22.6 Å². The first-order valence-corrected chi connectivity index (χ1v) is 12.2. The number of nitrogens with one attached hydrogen (secondary N) is 1. The van der Waals surface area contributed by atoms with Crippen LogP contribution in [-0.2, 0) is 18.3 Å². The molecule has 2 unspecified atom stereocenters. The van der Waals surface area contributed by atoms with Crippen molar-refractivity contribution in [2.45, 2.75) is 53.2 Å². The minimum Gasteiger partial charge on any atom is -0.444 e. The second-order valence-corrected chi connectivity index (χ2v) is 11.1. The first kappa shape index (κ1) is 23.7. The Bertz CT molecular complexity index is 1000. The molecule has 2 aliphatic heterocycles. The second-order valence-electron chi connectivity index (χ2n) is 11.1. The van der Waals surface area contributed by atoms with Gasteiger partial charge in [0.15, 0.2) is 0 Å². The van der Waals surface area contributed by atoms with Crippen molar-refractivity contribution in [1.82, 2.24) is 18.9 Å². The Morgan fingerprint density at radius 1 is 1.21 bits per heavy atom. The van der Waals surface area contributed by atoms with Crippen LogP contribution in [0.3, 0.4) is 0 Å². The van der Waals surface area contributed by atoms with Gasteiger partial charge in [-0.3, -0.25) is 14.0 Å². The molecule has 4 rings (SSSR count). The Morgan fingerprint density at radius 3 is 2.55 bits per heavy atom. The van der Waals surface area contributed by atoms with Gasteiger partial charge in [-0.25, -0.2) is 9.59 Å². The van der Waals surface area contributed by atoms with Gasteiger partial charge in [0.05, 0.1) is 5.69 Å². The van der Waals surface area contributed by atoms with E-state index in [0.717, 1.165) is 56.5 Å². The molecule has 1 saturated carbocycles. The van der Waals surface area contributed by atoms with Crippen molar-refractivity contribution < 1.29 is 9.53 Å². The molecule has 1 saturated heterocycles. The summed E-state index contributed by atoms with van der Waals surface area (Å²) in [5.41, 5.74) is 1.61. The van der Waals surface area contributed by atoms with E-state index in [0.29, 0.717) is 17.8 Å². The number of hydrogen-bond donors (Lipinski definition) is 1. The van der Waals surface area contributed by atoms with E-state index >= 15 is 0 Å². The summed E-state index contributed by atoms with van der Waals surface area (Å²) >= 11 is 0. The first-order chi connectivity index (χ1) is 15.5. The Hall–Kier alpha value is -2.48. The van der Waals surface area contributed by atoms with Crippen molar-refractivity contribution in [3.63, 3.8) is 0 Å². The molecule has 33 heavy (non-hydrogen) atoms. The van der Waals surface area contributed by atoms with E-state index in [9.17, 15) is 9.59 Å². The van der Waals surface area contributed by atoms with Crippen molar-refractivity contribution in [3.8, 4) is 0 Å².